The van der Waals surface area contributed by atoms with Crippen LogP contribution in [-0.4, -0.2) is 32.2 Å². The Morgan fingerprint density at radius 1 is 0.486 bits per heavy atom. The van der Waals surface area contributed by atoms with Crippen LogP contribution >= 0.6 is 0 Å². The van der Waals surface area contributed by atoms with Crippen molar-refractivity contribution in [1.29, 1.82) is 0 Å². The summed E-state index contributed by atoms with van der Waals surface area (Å²) in [6, 6.07) is 0. The first kappa shape index (κ1) is 57.4. The summed E-state index contributed by atoms with van der Waals surface area (Å²) in [5.74, 6) is 0.00989. The fourth-order valence-electron chi connectivity index (χ4n) is 10.4. The molecule has 1 aliphatic heterocycles. The molecule has 4 rings (SSSR count). The number of rotatable bonds is 23. The highest BCUT2D eigenvalue weighted by Gasteiger charge is 2.45. The van der Waals surface area contributed by atoms with Gasteiger partial charge in [-0.2, -0.15) is 0 Å². The first-order valence-electron chi connectivity index (χ1n) is 26.2. The van der Waals surface area contributed by atoms with Gasteiger partial charge >= 0.3 is 0 Å². The summed E-state index contributed by atoms with van der Waals surface area (Å²) in [7, 11) is 1.71. The van der Waals surface area contributed by atoms with E-state index < -0.39 is 6.29 Å². The minimum absolute atomic E-state index is 0.0281. The Morgan fingerprint density at radius 3 is 1.23 bits per heavy atom. The first-order chi connectivity index (χ1) is 33.7. The van der Waals surface area contributed by atoms with Gasteiger partial charge in [-0.25, -0.2) is 0 Å². The molecule has 3 aliphatic carbocycles. The molecule has 0 aromatic heterocycles. The summed E-state index contributed by atoms with van der Waals surface area (Å²) in [5.41, 5.74) is 9.76. The minimum Gasteiger partial charge on any atom is -0.498 e. The van der Waals surface area contributed by atoms with Gasteiger partial charge in [-0.1, -0.05) is 223 Å². The Bertz CT molecular complexity index is 2200. The molecule has 2 unspecified atom stereocenters. The van der Waals surface area contributed by atoms with Crippen molar-refractivity contribution in [2.24, 2.45) is 28.1 Å². The zero-order chi connectivity index (χ0) is 50.7. The lowest BCUT2D eigenvalue weighted by molar-refractivity contribution is -0.262. The third kappa shape index (κ3) is 19.6. The van der Waals surface area contributed by atoms with Crippen LogP contribution in [0.4, 0.5) is 0 Å². The summed E-state index contributed by atoms with van der Waals surface area (Å²) >= 11 is 0. The zero-order valence-corrected chi connectivity index (χ0v) is 45.1. The second-order valence-electron chi connectivity index (χ2n) is 21.4. The van der Waals surface area contributed by atoms with E-state index in [9.17, 15) is 0 Å². The maximum Gasteiger partial charge on any atom is 0.164 e. The largest absolute Gasteiger partial charge is 0.498 e. The molecule has 4 nitrogen and oxygen atoms in total. The van der Waals surface area contributed by atoms with Crippen molar-refractivity contribution in [3.63, 3.8) is 0 Å². The standard InChI is InChI=1S/C66H90O4/c1-53-40-37-47-64(5,6)58(53)44-32-26-20-14-12-13-19-25-31-43-57-62(69-51-36-30-24-18-16-22-28-34-46-60-55(3)42-39-49-66(60,9)10)56(4)61(70-63(57)67-11)52-68-50-35-29-23-17-15-21-27-33-45-59-54(2)41-38-48-65(59,7)8/h12-36,44-46,50-51,56-57,61-63H,37-43,47-49,52H2,1-11H3/b14-12+,17-15+,18-16+,19-13+,26-20+,27-21+,28-22+,29-23+,30-24+,31-25+,44-32+,45-33+,46-34+,50-35?,51-36+/t56-,57?,61?,62+,63-/m1/s1. The normalized spacial score (nSPS) is 26.4. The summed E-state index contributed by atoms with van der Waals surface area (Å²) in [5, 5.41) is 0. The van der Waals surface area contributed by atoms with E-state index in [0.717, 1.165) is 6.42 Å². The summed E-state index contributed by atoms with van der Waals surface area (Å²) < 4.78 is 25.1. The lowest BCUT2D eigenvalue weighted by atomic mass is 9.72. The van der Waals surface area contributed by atoms with Gasteiger partial charge in [0.2, 0.25) is 0 Å². The molecule has 378 valence electrons. The summed E-state index contributed by atoms with van der Waals surface area (Å²) in [6.45, 7) is 23.5. The van der Waals surface area contributed by atoms with Gasteiger partial charge < -0.3 is 18.9 Å². The Hall–Kier alpha value is -5.16. The highest BCUT2D eigenvalue weighted by atomic mass is 16.7. The van der Waals surface area contributed by atoms with E-state index in [1.54, 1.807) is 19.6 Å². The number of hydrogen-bond donors (Lipinski definition) is 0. The maximum atomic E-state index is 6.54. The van der Waals surface area contributed by atoms with E-state index in [1.807, 2.05) is 60.8 Å². The molecule has 70 heavy (non-hydrogen) atoms. The number of hydrogen-bond acceptors (Lipinski definition) is 4. The highest BCUT2D eigenvalue weighted by molar-refractivity contribution is 5.37. The van der Waals surface area contributed by atoms with Crippen LogP contribution in [0.2, 0.25) is 0 Å². The zero-order valence-electron chi connectivity index (χ0n) is 45.1. The van der Waals surface area contributed by atoms with Crippen molar-refractivity contribution >= 4 is 0 Å². The van der Waals surface area contributed by atoms with Gasteiger partial charge in [0.25, 0.3) is 0 Å². The average molecular weight is 947 g/mol. The molecule has 0 radical (unpaired) electrons. The monoisotopic (exact) mass is 947 g/mol. The van der Waals surface area contributed by atoms with Gasteiger partial charge in [-0.05, 0) is 130 Å². The summed E-state index contributed by atoms with van der Waals surface area (Å²) in [6.07, 6.45) is 72.9. The maximum absolute atomic E-state index is 6.54. The van der Waals surface area contributed by atoms with Gasteiger partial charge in [0.1, 0.15) is 18.8 Å². The fraction of sp³-hybridized carbons (Fsp3) is 0.455. The Labute approximate surface area is 426 Å². The van der Waals surface area contributed by atoms with Crippen molar-refractivity contribution in [2.45, 2.75) is 152 Å². The van der Waals surface area contributed by atoms with Crippen molar-refractivity contribution in [3.8, 4) is 0 Å². The third-order valence-electron chi connectivity index (χ3n) is 14.5. The van der Waals surface area contributed by atoms with E-state index in [4.69, 9.17) is 18.9 Å². The molecule has 5 atom stereocenters. The van der Waals surface area contributed by atoms with Gasteiger partial charge in [-0.15, -0.1) is 0 Å². The third-order valence-corrected chi connectivity index (χ3v) is 14.5. The molecular formula is C66H90O4. The van der Waals surface area contributed by atoms with Crippen LogP contribution in [0.1, 0.15) is 133 Å². The predicted octanol–water partition coefficient (Wildman–Crippen LogP) is 18.2. The predicted molar refractivity (Wildman–Crippen MR) is 302 cm³/mol. The smallest absolute Gasteiger partial charge is 0.164 e. The number of ether oxygens (including phenoxy) is 4. The van der Waals surface area contributed by atoms with Crippen LogP contribution in [0.25, 0.3) is 0 Å². The lowest BCUT2D eigenvalue weighted by Gasteiger charge is -2.44. The molecule has 0 spiro atoms. The van der Waals surface area contributed by atoms with Gasteiger partial charge in [0, 0.05) is 13.0 Å². The van der Waals surface area contributed by atoms with Gasteiger partial charge in [-0.3, -0.25) is 0 Å². The molecule has 0 bridgehead atoms. The van der Waals surface area contributed by atoms with Crippen molar-refractivity contribution in [1.82, 2.24) is 0 Å². The van der Waals surface area contributed by atoms with E-state index >= 15 is 0 Å². The van der Waals surface area contributed by atoms with Crippen molar-refractivity contribution < 1.29 is 18.9 Å². The van der Waals surface area contributed by atoms with Crippen LogP contribution in [0, 0.1) is 28.1 Å². The van der Waals surface area contributed by atoms with Gasteiger partial charge in [0.05, 0.1) is 18.4 Å². The van der Waals surface area contributed by atoms with Crippen LogP contribution in [-0.2, 0) is 18.9 Å². The van der Waals surface area contributed by atoms with E-state index in [1.165, 1.54) is 91.2 Å². The molecule has 1 heterocycles. The number of methoxy groups -OCH3 is 1. The summed E-state index contributed by atoms with van der Waals surface area (Å²) in [4.78, 5) is 0. The Morgan fingerprint density at radius 2 is 0.843 bits per heavy atom. The second-order valence-corrected chi connectivity index (χ2v) is 21.4. The quantitative estimate of drug-likeness (QED) is 0.0755. The van der Waals surface area contributed by atoms with Crippen molar-refractivity contribution in [2.75, 3.05) is 13.7 Å². The van der Waals surface area contributed by atoms with E-state index in [2.05, 4.69) is 179 Å². The van der Waals surface area contributed by atoms with E-state index in [0.29, 0.717) is 6.61 Å². The van der Waals surface area contributed by atoms with Crippen molar-refractivity contribution in [3.05, 3.63) is 216 Å². The van der Waals surface area contributed by atoms with E-state index in [-0.39, 0.29) is 40.3 Å². The van der Waals surface area contributed by atoms with Crippen LogP contribution in [0.3, 0.4) is 0 Å². The Balaban J connectivity index is 1.32. The van der Waals surface area contributed by atoms with Crippen LogP contribution in [0.5, 0.6) is 0 Å². The lowest BCUT2D eigenvalue weighted by Crippen LogP contribution is -2.52. The minimum atomic E-state index is -0.454. The molecule has 0 amide bonds. The molecule has 0 saturated carbocycles. The molecule has 0 aromatic rings. The molecular weight excluding hydrogens is 857 g/mol. The molecule has 4 aliphatic rings. The first-order valence-corrected chi connectivity index (χ1v) is 26.2. The topological polar surface area (TPSA) is 36.9 Å². The Kier molecular flexibility index (Phi) is 25.1. The molecule has 4 heteroatoms. The molecule has 0 aromatic carbocycles. The molecule has 0 N–H and O–H groups in total. The second kappa shape index (κ2) is 30.5. The van der Waals surface area contributed by atoms with Crippen LogP contribution in [0.15, 0.2) is 216 Å². The van der Waals surface area contributed by atoms with Gasteiger partial charge in [0.15, 0.2) is 6.29 Å². The number of allylic oxidation sites excluding steroid dienone is 34. The molecule has 1 fully saturated rings. The highest BCUT2D eigenvalue weighted by Crippen LogP contribution is 2.43. The van der Waals surface area contributed by atoms with Crippen LogP contribution < -0.4 is 0 Å². The fourth-order valence-corrected chi connectivity index (χ4v) is 10.4. The average Bonchev–Trinajstić information content (AvgIpc) is 3.30. The SMILES string of the molecule is CO[C@@H]1OC(COC=C/C=C/C=C/C=C/C=C/C2=C(C)CCCC2(C)C)[C@@H](C)[C@H](O/C=C/C=C/C=C/C=C/C=C/C2=C(C)CCCC2(C)C)C1C/C=C/C=C/C=C/C=C/C=C/C1=C(C)CCCC1(C)C. The molecule has 1 saturated heterocycles.